The highest BCUT2D eigenvalue weighted by Gasteiger charge is 2.30. The topological polar surface area (TPSA) is 61.8 Å². The second-order valence-electron chi connectivity index (χ2n) is 5.95. The number of rotatable bonds is 3. The summed E-state index contributed by atoms with van der Waals surface area (Å²) in [5.74, 6) is 1.58. The summed E-state index contributed by atoms with van der Waals surface area (Å²) in [6.45, 7) is 4.48. The van der Waals surface area contributed by atoms with Gasteiger partial charge in [-0.05, 0) is 38.1 Å². The van der Waals surface area contributed by atoms with Crippen LogP contribution < -0.4 is 5.73 Å². The van der Waals surface area contributed by atoms with Crippen LogP contribution in [-0.2, 0) is 0 Å². The molecule has 1 heterocycles. The predicted molar refractivity (Wildman–Crippen MR) is 73.7 cm³/mol. The molecule has 1 aliphatic heterocycles. The Morgan fingerprint density at radius 1 is 1.33 bits per heavy atom. The minimum atomic E-state index is 0.255. The summed E-state index contributed by atoms with van der Waals surface area (Å²) in [4.78, 5) is 2.59. The molecule has 0 aromatic rings. The molecule has 3 N–H and O–H groups in total. The van der Waals surface area contributed by atoms with Gasteiger partial charge in [0, 0.05) is 18.5 Å². The molecule has 0 amide bonds. The smallest absolute Gasteiger partial charge is 0.143 e. The largest absolute Gasteiger partial charge is 0.409 e. The molecule has 104 valence electrons. The Kier molecular flexibility index (Phi) is 4.87. The standard InChI is InChI=1S/C14H27N3O/c1-2-11-5-3-7-13(9-11)17-8-4-6-12(10-17)14(15)16-18/h11-13,18H,2-10H2,1H3,(H2,15,16). The fourth-order valence-electron chi connectivity index (χ4n) is 3.63. The number of nitrogens with two attached hydrogens (primary N) is 1. The first-order valence-corrected chi connectivity index (χ1v) is 7.46. The minimum Gasteiger partial charge on any atom is -0.409 e. The van der Waals surface area contributed by atoms with Crippen LogP contribution in [0.5, 0.6) is 0 Å². The number of hydrogen-bond donors (Lipinski definition) is 2. The lowest BCUT2D eigenvalue weighted by Gasteiger charge is -2.41. The highest BCUT2D eigenvalue weighted by atomic mass is 16.4. The molecule has 1 saturated carbocycles. The second-order valence-corrected chi connectivity index (χ2v) is 5.95. The van der Waals surface area contributed by atoms with Crippen molar-refractivity contribution in [2.75, 3.05) is 13.1 Å². The third-order valence-corrected chi connectivity index (χ3v) is 4.84. The van der Waals surface area contributed by atoms with Crippen molar-refractivity contribution < 1.29 is 5.21 Å². The molecule has 0 bridgehead atoms. The highest BCUT2D eigenvalue weighted by molar-refractivity contribution is 5.82. The molecular weight excluding hydrogens is 226 g/mol. The van der Waals surface area contributed by atoms with Gasteiger partial charge in [0.05, 0.1) is 0 Å². The van der Waals surface area contributed by atoms with E-state index in [4.69, 9.17) is 10.9 Å². The van der Waals surface area contributed by atoms with E-state index in [0.717, 1.165) is 24.9 Å². The zero-order valence-corrected chi connectivity index (χ0v) is 11.5. The molecule has 18 heavy (non-hydrogen) atoms. The first kappa shape index (κ1) is 13.7. The van der Waals surface area contributed by atoms with E-state index >= 15 is 0 Å². The van der Waals surface area contributed by atoms with E-state index in [2.05, 4.69) is 17.0 Å². The van der Waals surface area contributed by atoms with Crippen molar-refractivity contribution in [3.63, 3.8) is 0 Å². The van der Waals surface area contributed by atoms with Gasteiger partial charge in [0.2, 0.25) is 0 Å². The lowest BCUT2D eigenvalue weighted by Crippen LogP contribution is -2.47. The summed E-state index contributed by atoms with van der Waals surface area (Å²) in [6, 6.07) is 0.734. The molecule has 2 aliphatic rings. The Morgan fingerprint density at radius 2 is 2.17 bits per heavy atom. The quantitative estimate of drug-likeness (QED) is 0.351. The molecule has 1 aliphatic carbocycles. The van der Waals surface area contributed by atoms with E-state index in [-0.39, 0.29) is 5.92 Å². The van der Waals surface area contributed by atoms with Gasteiger partial charge in [-0.3, -0.25) is 4.90 Å². The van der Waals surface area contributed by atoms with Crippen molar-refractivity contribution in [3.8, 4) is 0 Å². The van der Waals surface area contributed by atoms with E-state index in [1.807, 2.05) is 0 Å². The third kappa shape index (κ3) is 3.16. The molecule has 3 atom stereocenters. The fraction of sp³-hybridized carbons (Fsp3) is 0.929. The van der Waals surface area contributed by atoms with Gasteiger partial charge in [0.25, 0.3) is 0 Å². The molecule has 0 aromatic carbocycles. The summed E-state index contributed by atoms with van der Waals surface area (Å²) in [7, 11) is 0. The van der Waals surface area contributed by atoms with Gasteiger partial charge >= 0.3 is 0 Å². The van der Waals surface area contributed by atoms with Crippen molar-refractivity contribution in [1.29, 1.82) is 0 Å². The second kappa shape index (κ2) is 6.41. The number of oxime groups is 1. The highest BCUT2D eigenvalue weighted by Crippen LogP contribution is 2.32. The minimum absolute atomic E-state index is 0.255. The molecule has 2 fully saturated rings. The molecule has 0 radical (unpaired) electrons. The Balaban J connectivity index is 1.92. The molecule has 0 spiro atoms. The number of amidine groups is 1. The van der Waals surface area contributed by atoms with Crippen LogP contribution in [0.15, 0.2) is 5.16 Å². The molecule has 1 saturated heterocycles. The van der Waals surface area contributed by atoms with Crippen LogP contribution >= 0.6 is 0 Å². The molecule has 2 rings (SSSR count). The number of hydrogen-bond acceptors (Lipinski definition) is 3. The van der Waals surface area contributed by atoms with Crippen LogP contribution in [0.2, 0.25) is 0 Å². The van der Waals surface area contributed by atoms with Gasteiger partial charge < -0.3 is 10.9 Å². The normalized spacial score (nSPS) is 35.6. The van der Waals surface area contributed by atoms with Crippen LogP contribution in [0.25, 0.3) is 0 Å². The van der Waals surface area contributed by atoms with Crippen LogP contribution in [0.4, 0.5) is 0 Å². The molecule has 3 unspecified atom stereocenters. The van der Waals surface area contributed by atoms with Crippen molar-refractivity contribution >= 4 is 5.84 Å². The van der Waals surface area contributed by atoms with E-state index in [9.17, 15) is 0 Å². The summed E-state index contributed by atoms with van der Waals surface area (Å²) in [5, 5.41) is 12.0. The zero-order chi connectivity index (χ0) is 13.0. The average Bonchev–Trinajstić information content (AvgIpc) is 2.46. The number of piperidine rings is 1. The Morgan fingerprint density at radius 3 is 2.89 bits per heavy atom. The van der Waals surface area contributed by atoms with Crippen molar-refractivity contribution in [2.45, 2.75) is 57.9 Å². The van der Waals surface area contributed by atoms with Crippen molar-refractivity contribution in [2.24, 2.45) is 22.7 Å². The molecular formula is C14H27N3O. The average molecular weight is 253 g/mol. The van der Waals surface area contributed by atoms with Gasteiger partial charge in [-0.15, -0.1) is 0 Å². The number of nitrogens with zero attached hydrogens (tertiary/aromatic N) is 2. The first-order valence-electron chi connectivity index (χ1n) is 7.46. The summed E-state index contributed by atoms with van der Waals surface area (Å²) >= 11 is 0. The molecule has 0 aromatic heterocycles. The van der Waals surface area contributed by atoms with Gasteiger partial charge in [-0.2, -0.15) is 0 Å². The molecule has 4 nitrogen and oxygen atoms in total. The van der Waals surface area contributed by atoms with Crippen LogP contribution in [0.3, 0.4) is 0 Å². The lowest BCUT2D eigenvalue weighted by molar-refractivity contribution is 0.0949. The van der Waals surface area contributed by atoms with Crippen molar-refractivity contribution in [1.82, 2.24) is 4.90 Å². The molecule has 4 heteroatoms. The fourth-order valence-corrected chi connectivity index (χ4v) is 3.63. The van der Waals surface area contributed by atoms with Crippen LogP contribution in [-0.4, -0.2) is 35.1 Å². The Labute approximate surface area is 110 Å². The van der Waals surface area contributed by atoms with Crippen molar-refractivity contribution in [3.05, 3.63) is 0 Å². The van der Waals surface area contributed by atoms with E-state index in [0.29, 0.717) is 5.84 Å². The SMILES string of the molecule is CCC1CCCC(N2CCCC(C(N)=NO)C2)C1. The maximum absolute atomic E-state index is 8.81. The summed E-state index contributed by atoms with van der Waals surface area (Å²) < 4.78 is 0. The number of likely N-dealkylation sites (tertiary alicyclic amines) is 1. The maximum atomic E-state index is 8.81. The van der Waals surface area contributed by atoms with Gasteiger partial charge in [0.15, 0.2) is 0 Å². The zero-order valence-electron chi connectivity index (χ0n) is 11.5. The lowest BCUT2D eigenvalue weighted by atomic mass is 9.82. The Hall–Kier alpha value is -0.770. The summed E-state index contributed by atoms with van der Waals surface area (Å²) in [5.41, 5.74) is 5.77. The predicted octanol–water partition coefficient (Wildman–Crippen LogP) is 2.41. The van der Waals surface area contributed by atoms with Gasteiger partial charge in [0.1, 0.15) is 5.84 Å². The van der Waals surface area contributed by atoms with E-state index < -0.39 is 0 Å². The van der Waals surface area contributed by atoms with E-state index in [1.165, 1.54) is 45.1 Å². The monoisotopic (exact) mass is 253 g/mol. The third-order valence-electron chi connectivity index (χ3n) is 4.84. The summed E-state index contributed by atoms with van der Waals surface area (Å²) in [6.07, 6.45) is 9.01. The van der Waals surface area contributed by atoms with Crippen LogP contribution in [0.1, 0.15) is 51.9 Å². The van der Waals surface area contributed by atoms with Crippen LogP contribution in [0, 0.1) is 11.8 Å². The van der Waals surface area contributed by atoms with Gasteiger partial charge in [-0.1, -0.05) is 31.3 Å². The maximum Gasteiger partial charge on any atom is 0.143 e. The first-order chi connectivity index (χ1) is 8.74. The Bertz CT molecular complexity index is 293. The van der Waals surface area contributed by atoms with E-state index in [1.54, 1.807) is 0 Å². The van der Waals surface area contributed by atoms with Gasteiger partial charge in [-0.25, -0.2) is 0 Å².